The smallest absolute Gasteiger partial charge is 0.416 e. The summed E-state index contributed by atoms with van der Waals surface area (Å²) in [7, 11) is 0. The highest BCUT2D eigenvalue weighted by atomic mass is 79.9. The van der Waals surface area contributed by atoms with Crippen LogP contribution in [0.3, 0.4) is 0 Å². The summed E-state index contributed by atoms with van der Waals surface area (Å²) in [6, 6.07) is 8.00. The van der Waals surface area contributed by atoms with Gasteiger partial charge >= 0.3 is 12.1 Å². The molecule has 0 saturated carbocycles. The number of carbonyl (C=O) groups is 1. The Morgan fingerprint density at radius 1 is 1.12 bits per heavy atom. The third-order valence-corrected chi connectivity index (χ3v) is 4.38. The predicted molar refractivity (Wildman–Crippen MR) is 95.3 cm³/mol. The van der Waals surface area contributed by atoms with Gasteiger partial charge in [-0.2, -0.15) is 13.2 Å². The maximum absolute atomic E-state index is 13.4. The van der Waals surface area contributed by atoms with Crippen molar-refractivity contribution in [1.29, 1.82) is 0 Å². The van der Waals surface area contributed by atoms with E-state index in [0.29, 0.717) is 10.0 Å². The molecule has 8 heteroatoms. The Balaban J connectivity index is 2.39. The van der Waals surface area contributed by atoms with E-state index < -0.39 is 17.7 Å². The molecule has 0 atom stereocenters. The van der Waals surface area contributed by atoms with E-state index in [0.717, 1.165) is 6.08 Å². The molecule has 0 bridgehead atoms. The lowest BCUT2D eigenvalue weighted by atomic mass is 10.0. The number of benzene rings is 2. The van der Waals surface area contributed by atoms with Crippen LogP contribution >= 0.6 is 39.1 Å². The van der Waals surface area contributed by atoms with Crippen molar-refractivity contribution in [2.75, 3.05) is 0 Å². The number of carboxylic acids is 1. The number of hydrogen-bond acceptors (Lipinski definition) is 1. The molecule has 0 spiro atoms. The van der Waals surface area contributed by atoms with Gasteiger partial charge in [-0.3, -0.25) is 0 Å². The van der Waals surface area contributed by atoms with Crippen LogP contribution in [0.2, 0.25) is 10.0 Å². The van der Waals surface area contributed by atoms with E-state index in [1.165, 1.54) is 36.4 Å². The van der Waals surface area contributed by atoms with Crippen molar-refractivity contribution in [3.05, 3.63) is 73.7 Å². The molecule has 0 aliphatic heterocycles. The molecule has 132 valence electrons. The number of halogens is 6. The molecule has 0 aliphatic rings. The number of aromatic carboxylic acids is 1. The van der Waals surface area contributed by atoms with Gasteiger partial charge in [0.05, 0.1) is 11.1 Å². The first kappa shape index (κ1) is 19.8. The molecule has 0 fully saturated rings. The minimum absolute atomic E-state index is 0.0328. The molecule has 0 aliphatic carbocycles. The first-order valence-electron chi connectivity index (χ1n) is 6.83. The summed E-state index contributed by atoms with van der Waals surface area (Å²) in [5.41, 5.74) is -0.446. The summed E-state index contributed by atoms with van der Waals surface area (Å²) in [5, 5.41) is 9.17. The average molecular weight is 454 g/mol. The minimum Gasteiger partial charge on any atom is -0.478 e. The molecular formula is C17H10BrCl2F3O2. The molecule has 2 nitrogen and oxygen atoms in total. The normalized spacial score (nSPS) is 12.3. The molecule has 2 rings (SSSR count). The number of alkyl halides is 3. The number of rotatable bonds is 4. The van der Waals surface area contributed by atoms with Gasteiger partial charge in [-0.25, -0.2) is 4.79 Å². The van der Waals surface area contributed by atoms with Crippen LogP contribution in [-0.2, 0) is 6.42 Å². The first-order valence-corrected chi connectivity index (χ1v) is 8.38. The van der Waals surface area contributed by atoms with Crippen molar-refractivity contribution in [2.45, 2.75) is 12.6 Å². The van der Waals surface area contributed by atoms with Crippen LogP contribution in [0.5, 0.6) is 0 Å². The molecule has 0 radical (unpaired) electrons. The topological polar surface area (TPSA) is 37.3 Å². The Kier molecular flexibility index (Phi) is 6.19. The quantitative estimate of drug-likeness (QED) is 0.563. The maximum atomic E-state index is 13.4. The standard InChI is InChI=1S/C17H10BrCl2F3O2/c18-15-5-9(1-3-13(15)16(24)25)2-4-14(17(21,22)23)10-6-11(19)8-12(20)7-10/h1,3-8H,2H2,(H,24,25)/b14-4+. The van der Waals surface area contributed by atoms with Crippen molar-refractivity contribution in [2.24, 2.45) is 0 Å². The fourth-order valence-corrected chi connectivity index (χ4v) is 3.31. The molecule has 2 aromatic rings. The van der Waals surface area contributed by atoms with Gasteiger partial charge in [0.1, 0.15) is 0 Å². The molecule has 1 N–H and O–H groups in total. The summed E-state index contributed by atoms with van der Waals surface area (Å²) in [6.07, 6.45) is -3.62. The summed E-state index contributed by atoms with van der Waals surface area (Å²) in [5.74, 6) is -1.13. The average Bonchev–Trinajstić information content (AvgIpc) is 2.44. The van der Waals surface area contributed by atoms with E-state index in [2.05, 4.69) is 15.9 Å². The van der Waals surface area contributed by atoms with Crippen LogP contribution in [0.4, 0.5) is 13.2 Å². The highest BCUT2D eigenvalue weighted by Gasteiger charge is 2.34. The van der Waals surface area contributed by atoms with Crippen molar-refractivity contribution in [1.82, 2.24) is 0 Å². The molecule has 0 saturated heterocycles. The number of carboxylic acid groups (broad SMARTS) is 1. The Labute approximate surface area is 160 Å². The zero-order chi connectivity index (χ0) is 18.8. The van der Waals surface area contributed by atoms with Gasteiger partial charge in [-0.15, -0.1) is 0 Å². The zero-order valence-corrected chi connectivity index (χ0v) is 15.5. The fraction of sp³-hybridized carbons (Fsp3) is 0.118. The molecule has 2 aromatic carbocycles. The van der Waals surface area contributed by atoms with E-state index in [9.17, 15) is 18.0 Å². The van der Waals surface area contributed by atoms with Crippen LogP contribution in [0.15, 0.2) is 46.9 Å². The van der Waals surface area contributed by atoms with Crippen molar-refractivity contribution < 1.29 is 23.1 Å². The van der Waals surface area contributed by atoms with Crippen LogP contribution in [0, 0.1) is 0 Å². The number of hydrogen-bond donors (Lipinski definition) is 1. The zero-order valence-electron chi connectivity index (χ0n) is 12.4. The predicted octanol–water partition coefficient (Wildman–Crippen LogP) is 6.64. The van der Waals surface area contributed by atoms with Gasteiger partial charge in [0, 0.05) is 14.5 Å². The lowest BCUT2D eigenvalue weighted by molar-refractivity contribution is -0.0690. The van der Waals surface area contributed by atoms with Gasteiger partial charge < -0.3 is 5.11 Å². The van der Waals surface area contributed by atoms with Crippen LogP contribution in [0.25, 0.3) is 5.57 Å². The summed E-state index contributed by atoms with van der Waals surface area (Å²) in [6.45, 7) is 0. The minimum atomic E-state index is -4.59. The lowest BCUT2D eigenvalue weighted by Gasteiger charge is -2.13. The Bertz CT molecular complexity index is 828. The van der Waals surface area contributed by atoms with E-state index >= 15 is 0 Å². The van der Waals surface area contributed by atoms with Crippen molar-refractivity contribution >= 4 is 50.7 Å². The highest BCUT2D eigenvalue weighted by Crippen LogP contribution is 2.36. The third-order valence-electron chi connectivity index (χ3n) is 3.28. The second-order valence-corrected chi connectivity index (χ2v) is 6.82. The molecule has 0 amide bonds. The first-order chi connectivity index (χ1) is 11.6. The molecular weight excluding hydrogens is 444 g/mol. The lowest BCUT2D eigenvalue weighted by Crippen LogP contribution is -2.11. The van der Waals surface area contributed by atoms with Gasteiger partial charge in [0.15, 0.2) is 0 Å². The SMILES string of the molecule is O=C(O)c1ccc(C/C=C(\c2cc(Cl)cc(Cl)c2)C(F)(F)F)cc1Br. The Morgan fingerprint density at radius 3 is 2.20 bits per heavy atom. The third kappa shape index (κ3) is 5.23. The summed E-state index contributed by atoms with van der Waals surface area (Å²) < 4.78 is 40.4. The van der Waals surface area contributed by atoms with E-state index in [1.807, 2.05) is 0 Å². The Morgan fingerprint density at radius 2 is 1.72 bits per heavy atom. The van der Waals surface area contributed by atoms with Crippen molar-refractivity contribution in [3.8, 4) is 0 Å². The molecule has 0 aromatic heterocycles. The van der Waals surface area contributed by atoms with E-state index in [-0.39, 0.29) is 27.6 Å². The van der Waals surface area contributed by atoms with E-state index in [4.69, 9.17) is 28.3 Å². The van der Waals surface area contributed by atoms with Crippen LogP contribution in [0.1, 0.15) is 21.5 Å². The van der Waals surface area contributed by atoms with E-state index in [1.54, 1.807) is 0 Å². The molecule has 0 heterocycles. The fourth-order valence-electron chi connectivity index (χ4n) is 2.19. The van der Waals surface area contributed by atoms with Gasteiger partial charge in [-0.1, -0.05) is 35.3 Å². The van der Waals surface area contributed by atoms with Crippen molar-refractivity contribution in [3.63, 3.8) is 0 Å². The second kappa shape index (κ2) is 7.81. The molecule has 0 unspecified atom stereocenters. The van der Waals surface area contributed by atoms with Gasteiger partial charge in [-0.05, 0) is 63.8 Å². The molecule has 25 heavy (non-hydrogen) atoms. The summed E-state index contributed by atoms with van der Waals surface area (Å²) in [4.78, 5) is 11.0. The second-order valence-electron chi connectivity index (χ2n) is 5.10. The summed E-state index contributed by atoms with van der Waals surface area (Å²) >= 11 is 14.7. The van der Waals surface area contributed by atoms with Gasteiger partial charge in [0.25, 0.3) is 0 Å². The van der Waals surface area contributed by atoms with Crippen LogP contribution in [-0.4, -0.2) is 17.3 Å². The number of allylic oxidation sites excluding steroid dienone is 2. The Hall–Kier alpha value is -1.50. The van der Waals surface area contributed by atoms with Gasteiger partial charge in [0.2, 0.25) is 0 Å². The monoisotopic (exact) mass is 452 g/mol. The maximum Gasteiger partial charge on any atom is 0.416 e. The van der Waals surface area contributed by atoms with Crippen LogP contribution < -0.4 is 0 Å². The highest BCUT2D eigenvalue weighted by molar-refractivity contribution is 9.10. The largest absolute Gasteiger partial charge is 0.478 e.